The zero-order chi connectivity index (χ0) is 14.4. The predicted molar refractivity (Wildman–Crippen MR) is 85.7 cm³/mol. The first-order valence-electron chi connectivity index (χ1n) is 6.11. The van der Waals surface area contributed by atoms with Crippen molar-refractivity contribution in [2.45, 2.75) is 4.90 Å². The highest BCUT2D eigenvalue weighted by Crippen LogP contribution is 2.19. The minimum atomic E-state index is -0.154. The highest BCUT2D eigenvalue weighted by molar-refractivity contribution is 9.10. The van der Waals surface area contributed by atoms with Crippen LogP contribution in [0, 0.1) is 0 Å². The van der Waals surface area contributed by atoms with E-state index in [9.17, 15) is 4.79 Å². The SMILES string of the molecule is O=C(NCCOc1ccccc1)c1ccc(Br)cc1S. The molecule has 0 saturated heterocycles. The summed E-state index contributed by atoms with van der Waals surface area (Å²) >= 11 is 7.62. The highest BCUT2D eigenvalue weighted by Gasteiger charge is 2.08. The van der Waals surface area contributed by atoms with Gasteiger partial charge in [-0.15, -0.1) is 12.6 Å². The van der Waals surface area contributed by atoms with Crippen LogP contribution < -0.4 is 10.1 Å². The Morgan fingerprint density at radius 2 is 1.95 bits per heavy atom. The van der Waals surface area contributed by atoms with Crippen LogP contribution >= 0.6 is 28.6 Å². The fourth-order valence-corrected chi connectivity index (χ4v) is 2.50. The predicted octanol–water partition coefficient (Wildman–Crippen LogP) is 3.55. The van der Waals surface area contributed by atoms with Gasteiger partial charge in [-0.3, -0.25) is 4.79 Å². The average Bonchev–Trinajstić information content (AvgIpc) is 2.44. The standard InChI is InChI=1S/C15H14BrNO2S/c16-11-6-7-13(14(20)10-11)15(18)17-8-9-19-12-4-2-1-3-5-12/h1-7,10,20H,8-9H2,(H,17,18). The Balaban J connectivity index is 1.80. The normalized spacial score (nSPS) is 10.1. The molecule has 0 aromatic heterocycles. The van der Waals surface area contributed by atoms with Crippen LogP contribution in [0.15, 0.2) is 57.9 Å². The number of carbonyl (C=O) groups excluding carboxylic acids is 1. The lowest BCUT2D eigenvalue weighted by atomic mass is 10.2. The van der Waals surface area contributed by atoms with Crippen LogP contribution in [0.25, 0.3) is 0 Å². The zero-order valence-electron chi connectivity index (χ0n) is 10.7. The number of benzene rings is 2. The number of thiol groups is 1. The Hall–Kier alpha value is -1.46. The van der Waals surface area contributed by atoms with Gasteiger partial charge in [0.05, 0.1) is 12.1 Å². The molecule has 0 atom stereocenters. The molecule has 0 spiro atoms. The van der Waals surface area contributed by atoms with Crippen molar-refractivity contribution in [2.75, 3.05) is 13.2 Å². The van der Waals surface area contributed by atoms with Crippen LogP contribution in [0.3, 0.4) is 0 Å². The van der Waals surface area contributed by atoms with Gasteiger partial charge in [-0.2, -0.15) is 0 Å². The van der Waals surface area contributed by atoms with E-state index in [0.717, 1.165) is 10.2 Å². The van der Waals surface area contributed by atoms with Crippen molar-refractivity contribution < 1.29 is 9.53 Å². The molecule has 104 valence electrons. The van der Waals surface area contributed by atoms with E-state index in [4.69, 9.17) is 4.74 Å². The summed E-state index contributed by atoms with van der Waals surface area (Å²) in [4.78, 5) is 12.6. The molecule has 2 aromatic carbocycles. The molecular weight excluding hydrogens is 338 g/mol. The molecule has 5 heteroatoms. The van der Waals surface area contributed by atoms with Crippen molar-refractivity contribution >= 4 is 34.5 Å². The molecule has 20 heavy (non-hydrogen) atoms. The molecule has 0 fully saturated rings. The molecule has 1 N–H and O–H groups in total. The third-order valence-corrected chi connectivity index (χ3v) is 3.47. The van der Waals surface area contributed by atoms with Crippen molar-refractivity contribution in [1.29, 1.82) is 0 Å². The number of carbonyl (C=O) groups is 1. The first-order chi connectivity index (χ1) is 9.66. The lowest BCUT2D eigenvalue weighted by Crippen LogP contribution is -2.28. The van der Waals surface area contributed by atoms with Gasteiger partial charge in [0.25, 0.3) is 5.91 Å². The second kappa shape index (κ2) is 7.36. The van der Waals surface area contributed by atoms with E-state index in [2.05, 4.69) is 33.9 Å². The number of ether oxygens (including phenoxy) is 1. The van der Waals surface area contributed by atoms with Gasteiger partial charge in [0.1, 0.15) is 12.4 Å². The molecule has 2 aromatic rings. The van der Waals surface area contributed by atoms with Crippen LogP contribution in [-0.4, -0.2) is 19.1 Å². The molecule has 0 aliphatic carbocycles. The van der Waals surface area contributed by atoms with Gasteiger partial charge >= 0.3 is 0 Å². The fourth-order valence-electron chi connectivity index (χ4n) is 1.64. The van der Waals surface area contributed by atoms with Gasteiger partial charge in [0.15, 0.2) is 0 Å². The lowest BCUT2D eigenvalue weighted by Gasteiger charge is -2.09. The van der Waals surface area contributed by atoms with Crippen molar-refractivity contribution in [2.24, 2.45) is 0 Å². The monoisotopic (exact) mass is 351 g/mol. The Bertz CT molecular complexity index is 590. The number of hydrogen-bond acceptors (Lipinski definition) is 3. The van der Waals surface area contributed by atoms with Crippen molar-refractivity contribution in [1.82, 2.24) is 5.32 Å². The van der Waals surface area contributed by atoms with Gasteiger partial charge in [-0.25, -0.2) is 0 Å². The molecule has 1 amide bonds. The maximum Gasteiger partial charge on any atom is 0.252 e. The highest BCUT2D eigenvalue weighted by atomic mass is 79.9. The summed E-state index contributed by atoms with van der Waals surface area (Å²) in [7, 11) is 0. The molecule has 0 aliphatic heterocycles. The van der Waals surface area contributed by atoms with E-state index in [1.807, 2.05) is 36.4 Å². The quantitative estimate of drug-likeness (QED) is 0.638. The van der Waals surface area contributed by atoms with Gasteiger partial charge in [0, 0.05) is 9.37 Å². The van der Waals surface area contributed by atoms with Crippen LogP contribution in [0.5, 0.6) is 5.75 Å². The number of amides is 1. The first-order valence-corrected chi connectivity index (χ1v) is 7.35. The summed E-state index contributed by atoms with van der Waals surface area (Å²) in [6.45, 7) is 0.866. The van der Waals surface area contributed by atoms with E-state index in [1.54, 1.807) is 12.1 Å². The third-order valence-electron chi connectivity index (χ3n) is 2.60. The molecule has 0 aliphatic rings. The molecule has 0 bridgehead atoms. The van der Waals surface area contributed by atoms with Crippen LogP contribution in [-0.2, 0) is 0 Å². The lowest BCUT2D eigenvalue weighted by molar-refractivity contribution is 0.0944. The molecule has 2 rings (SSSR count). The molecule has 3 nitrogen and oxygen atoms in total. The molecule has 0 saturated carbocycles. The maximum atomic E-state index is 12.0. The number of rotatable bonds is 5. The molecule has 0 heterocycles. The summed E-state index contributed by atoms with van der Waals surface area (Å²) in [5.41, 5.74) is 0.552. The molecule has 0 unspecified atom stereocenters. The summed E-state index contributed by atoms with van der Waals surface area (Å²) in [6, 6.07) is 14.8. The van der Waals surface area contributed by atoms with E-state index >= 15 is 0 Å². The van der Waals surface area contributed by atoms with E-state index in [0.29, 0.717) is 23.6 Å². The third kappa shape index (κ3) is 4.28. The average molecular weight is 352 g/mol. The maximum absolute atomic E-state index is 12.0. The minimum absolute atomic E-state index is 0.154. The topological polar surface area (TPSA) is 38.3 Å². The van der Waals surface area contributed by atoms with E-state index < -0.39 is 0 Å². The smallest absolute Gasteiger partial charge is 0.252 e. The first kappa shape index (κ1) is 14.9. The summed E-state index contributed by atoms with van der Waals surface area (Å²) < 4.78 is 6.40. The van der Waals surface area contributed by atoms with Crippen LogP contribution in [0.2, 0.25) is 0 Å². The van der Waals surface area contributed by atoms with Crippen molar-refractivity contribution in [3.63, 3.8) is 0 Å². The fraction of sp³-hybridized carbons (Fsp3) is 0.133. The molecular formula is C15H14BrNO2S. The van der Waals surface area contributed by atoms with Gasteiger partial charge in [-0.1, -0.05) is 34.1 Å². The number of para-hydroxylation sites is 1. The molecule has 0 radical (unpaired) electrons. The van der Waals surface area contributed by atoms with Gasteiger partial charge in [-0.05, 0) is 30.3 Å². The van der Waals surface area contributed by atoms with Gasteiger partial charge in [0.2, 0.25) is 0 Å². The Kier molecular flexibility index (Phi) is 5.49. The summed E-state index contributed by atoms with van der Waals surface area (Å²) in [5.74, 6) is 0.638. The van der Waals surface area contributed by atoms with Gasteiger partial charge < -0.3 is 10.1 Å². The second-order valence-electron chi connectivity index (χ2n) is 4.08. The Morgan fingerprint density at radius 3 is 2.65 bits per heavy atom. The summed E-state index contributed by atoms with van der Waals surface area (Å²) in [6.07, 6.45) is 0. The Labute approximate surface area is 131 Å². The van der Waals surface area contributed by atoms with Crippen LogP contribution in [0.1, 0.15) is 10.4 Å². The summed E-state index contributed by atoms with van der Waals surface area (Å²) in [5, 5.41) is 2.80. The number of hydrogen-bond donors (Lipinski definition) is 2. The van der Waals surface area contributed by atoms with Crippen molar-refractivity contribution in [3.8, 4) is 5.75 Å². The van der Waals surface area contributed by atoms with E-state index in [1.165, 1.54) is 0 Å². The van der Waals surface area contributed by atoms with Crippen molar-refractivity contribution in [3.05, 3.63) is 58.6 Å². The Morgan fingerprint density at radius 1 is 1.20 bits per heavy atom. The van der Waals surface area contributed by atoms with E-state index in [-0.39, 0.29) is 5.91 Å². The minimum Gasteiger partial charge on any atom is -0.492 e. The largest absolute Gasteiger partial charge is 0.492 e. The number of nitrogens with one attached hydrogen (secondary N) is 1. The zero-order valence-corrected chi connectivity index (χ0v) is 13.2. The van der Waals surface area contributed by atoms with Crippen LogP contribution in [0.4, 0.5) is 0 Å². The number of halogens is 1. The second-order valence-corrected chi connectivity index (χ2v) is 5.48.